The lowest BCUT2D eigenvalue weighted by atomic mass is 9.95. The first-order valence-electron chi connectivity index (χ1n) is 8.76. The van der Waals surface area contributed by atoms with Crippen LogP contribution in [-0.2, 0) is 9.53 Å². The molecule has 0 spiro atoms. The molecule has 5 nitrogen and oxygen atoms in total. The second-order valence-electron chi connectivity index (χ2n) is 6.59. The second kappa shape index (κ2) is 7.25. The van der Waals surface area contributed by atoms with Gasteiger partial charge in [0.2, 0.25) is 5.78 Å². The fourth-order valence-electron chi connectivity index (χ4n) is 3.64. The average Bonchev–Trinajstić information content (AvgIpc) is 3.40. The highest BCUT2D eigenvalue weighted by Gasteiger charge is 2.45. The number of thiophene rings is 1. The van der Waals surface area contributed by atoms with Crippen molar-refractivity contribution in [3.63, 3.8) is 0 Å². The first-order chi connectivity index (χ1) is 13.1. The molecule has 2 aromatic rings. The van der Waals surface area contributed by atoms with Crippen LogP contribution >= 0.6 is 11.3 Å². The first-order valence-corrected chi connectivity index (χ1v) is 9.64. The summed E-state index contributed by atoms with van der Waals surface area (Å²) in [5.41, 5.74) is 0.110. The topological polar surface area (TPSA) is 66.8 Å². The number of aliphatic hydroxyl groups excluding tert-OH is 1. The van der Waals surface area contributed by atoms with Crippen LogP contribution in [0.25, 0.3) is 0 Å². The highest BCUT2D eigenvalue weighted by Crippen LogP contribution is 2.40. The number of nitrogens with zero attached hydrogens (tertiary/aromatic N) is 1. The van der Waals surface area contributed by atoms with Gasteiger partial charge in [0.05, 0.1) is 22.6 Å². The van der Waals surface area contributed by atoms with Gasteiger partial charge in [0.25, 0.3) is 5.91 Å². The Kier molecular flexibility index (Phi) is 4.80. The molecule has 0 radical (unpaired) electrons. The first kappa shape index (κ1) is 17.9. The molecule has 0 saturated carbocycles. The zero-order valence-corrected chi connectivity index (χ0v) is 15.2. The van der Waals surface area contributed by atoms with Crippen LogP contribution in [0, 0.1) is 5.82 Å². The molecule has 0 unspecified atom stereocenters. The molecule has 140 valence electrons. The molecule has 0 aliphatic carbocycles. The Balaban J connectivity index is 1.78. The summed E-state index contributed by atoms with van der Waals surface area (Å²) >= 11 is 1.21. The summed E-state index contributed by atoms with van der Waals surface area (Å²) in [7, 11) is 0. The summed E-state index contributed by atoms with van der Waals surface area (Å²) in [6, 6.07) is 8.38. The van der Waals surface area contributed by atoms with Gasteiger partial charge in [0.15, 0.2) is 5.76 Å². The smallest absolute Gasteiger partial charge is 0.290 e. The minimum atomic E-state index is -0.975. The van der Waals surface area contributed by atoms with E-state index >= 15 is 0 Å². The molecule has 3 heterocycles. The molecule has 27 heavy (non-hydrogen) atoms. The van der Waals surface area contributed by atoms with Gasteiger partial charge >= 0.3 is 0 Å². The summed E-state index contributed by atoms with van der Waals surface area (Å²) < 4.78 is 20.2. The van der Waals surface area contributed by atoms with Crippen molar-refractivity contribution >= 4 is 23.0 Å². The maximum Gasteiger partial charge on any atom is 0.290 e. The van der Waals surface area contributed by atoms with Crippen molar-refractivity contribution in [1.29, 1.82) is 0 Å². The van der Waals surface area contributed by atoms with Crippen molar-refractivity contribution in [3.05, 3.63) is 69.4 Å². The van der Waals surface area contributed by atoms with Crippen LogP contribution in [0.5, 0.6) is 0 Å². The van der Waals surface area contributed by atoms with E-state index in [2.05, 4.69) is 0 Å². The van der Waals surface area contributed by atoms with Crippen molar-refractivity contribution in [2.24, 2.45) is 0 Å². The normalized spacial score (nSPS) is 22.7. The molecular formula is C20H18FNO4S. The second-order valence-corrected chi connectivity index (χ2v) is 7.53. The molecule has 7 heteroatoms. The molecule has 1 N–H and O–H groups in total. The van der Waals surface area contributed by atoms with Gasteiger partial charge in [-0.2, -0.15) is 0 Å². The van der Waals surface area contributed by atoms with E-state index in [-0.39, 0.29) is 23.8 Å². The lowest BCUT2D eigenvalue weighted by Gasteiger charge is -2.29. The Bertz CT molecular complexity index is 902. The van der Waals surface area contributed by atoms with E-state index in [4.69, 9.17) is 4.74 Å². The predicted molar refractivity (Wildman–Crippen MR) is 98.1 cm³/mol. The Hall–Kier alpha value is -2.51. The third kappa shape index (κ3) is 3.17. The minimum absolute atomic E-state index is 0.0782. The van der Waals surface area contributed by atoms with Gasteiger partial charge in [-0.1, -0.05) is 24.3 Å². The Labute approximate surface area is 159 Å². The van der Waals surface area contributed by atoms with Gasteiger partial charge in [-0.25, -0.2) is 4.39 Å². The highest BCUT2D eigenvalue weighted by molar-refractivity contribution is 7.12. The largest absolute Gasteiger partial charge is 0.503 e. The molecule has 1 saturated heterocycles. The number of ether oxygens (including phenoxy) is 1. The predicted octanol–water partition coefficient (Wildman–Crippen LogP) is 3.64. The fraction of sp³-hybridized carbons (Fsp3) is 0.300. The third-order valence-electron chi connectivity index (χ3n) is 4.92. The van der Waals surface area contributed by atoms with Crippen molar-refractivity contribution < 1.29 is 23.8 Å². The highest BCUT2D eigenvalue weighted by atomic mass is 32.1. The molecule has 2 aliphatic rings. The standard InChI is InChI=1S/C20H18FNO4S/c21-14-7-2-1-6-13(14)17-16(18(23)15-8-4-10-27-15)19(24)20(25)22(17)11-12-5-3-9-26-12/h1-2,4,6-8,10,12,17,24H,3,5,9,11H2/t12-,17-/m1/s1. The zero-order chi connectivity index (χ0) is 19.0. The van der Waals surface area contributed by atoms with Crippen LogP contribution < -0.4 is 0 Å². The number of hydrogen-bond donors (Lipinski definition) is 1. The number of carbonyl (C=O) groups excluding carboxylic acids is 2. The van der Waals surface area contributed by atoms with Crippen LogP contribution in [0.1, 0.15) is 34.1 Å². The summed E-state index contributed by atoms with van der Waals surface area (Å²) in [4.78, 5) is 27.5. The van der Waals surface area contributed by atoms with E-state index in [1.807, 2.05) is 0 Å². The van der Waals surface area contributed by atoms with E-state index in [1.54, 1.807) is 29.6 Å². The van der Waals surface area contributed by atoms with Gasteiger partial charge in [-0.05, 0) is 30.4 Å². The number of hydrogen-bond acceptors (Lipinski definition) is 5. The third-order valence-corrected chi connectivity index (χ3v) is 5.79. The molecule has 1 fully saturated rings. The summed E-state index contributed by atoms with van der Waals surface area (Å²) in [5.74, 6) is -2.27. The monoisotopic (exact) mass is 387 g/mol. The van der Waals surface area contributed by atoms with Crippen LogP contribution in [0.4, 0.5) is 4.39 Å². The van der Waals surface area contributed by atoms with E-state index in [1.165, 1.54) is 28.4 Å². The number of ketones is 1. The molecule has 4 rings (SSSR count). The van der Waals surface area contributed by atoms with E-state index in [9.17, 15) is 19.1 Å². The Morgan fingerprint density at radius 2 is 2.11 bits per heavy atom. The molecule has 2 aliphatic heterocycles. The SMILES string of the molecule is O=C(C1=C(O)C(=O)N(C[C@H]2CCCO2)[C@@H]1c1ccccc1F)c1cccs1. The number of aliphatic hydroxyl groups is 1. The lowest BCUT2D eigenvalue weighted by Crippen LogP contribution is -2.37. The van der Waals surface area contributed by atoms with E-state index in [0.29, 0.717) is 11.5 Å². The molecule has 1 aromatic carbocycles. The van der Waals surface area contributed by atoms with Gasteiger partial charge < -0.3 is 14.7 Å². The lowest BCUT2D eigenvalue weighted by molar-refractivity contribution is -0.131. The summed E-state index contributed by atoms with van der Waals surface area (Å²) in [6.45, 7) is 0.806. The Morgan fingerprint density at radius 3 is 2.78 bits per heavy atom. The molecule has 1 aromatic heterocycles. The van der Waals surface area contributed by atoms with Crippen molar-refractivity contribution in [2.75, 3.05) is 13.2 Å². The number of amides is 1. The van der Waals surface area contributed by atoms with Gasteiger partial charge in [0.1, 0.15) is 5.82 Å². The molecular weight excluding hydrogens is 369 g/mol. The number of rotatable bonds is 5. The quantitative estimate of drug-likeness (QED) is 0.796. The van der Waals surface area contributed by atoms with Crippen molar-refractivity contribution in [1.82, 2.24) is 4.90 Å². The number of carbonyl (C=O) groups is 2. The number of halogens is 1. The van der Waals surface area contributed by atoms with E-state index < -0.39 is 29.3 Å². The Morgan fingerprint density at radius 1 is 1.30 bits per heavy atom. The van der Waals surface area contributed by atoms with Crippen LogP contribution in [0.15, 0.2) is 53.1 Å². The van der Waals surface area contributed by atoms with E-state index in [0.717, 1.165) is 12.8 Å². The van der Waals surface area contributed by atoms with Gasteiger partial charge in [0, 0.05) is 18.7 Å². The molecule has 1 amide bonds. The molecule has 2 atom stereocenters. The number of benzene rings is 1. The van der Waals surface area contributed by atoms with Gasteiger partial charge in [-0.15, -0.1) is 11.3 Å². The van der Waals surface area contributed by atoms with Crippen LogP contribution in [0.3, 0.4) is 0 Å². The average molecular weight is 387 g/mol. The summed E-state index contributed by atoms with van der Waals surface area (Å²) in [6.07, 6.45) is 1.48. The van der Waals surface area contributed by atoms with Crippen molar-refractivity contribution in [2.45, 2.75) is 25.0 Å². The maximum absolute atomic E-state index is 14.6. The zero-order valence-electron chi connectivity index (χ0n) is 14.4. The van der Waals surface area contributed by atoms with Crippen LogP contribution in [0.2, 0.25) is 0 Å². The fourth-order valence-corrected chi connectivity index (χ4v) is 4.32. The molecule has 0 bridgehead atoms. The maximum atomic E-state index is 14.6. The number of Topliss-reactive ketones (excluding diaryl/α,β-unsaturated/α-hetero) is 1. The van der Waals surface area contributed by atoms with Gasteiger partial charge in [-0.3, -0.25) is 9.59 Å². The van der Waals surface area contributed by atoms with Crippen LogP contribution in [-0.4, -0.2) is 41.0 Å². The van der Waals surface area contributed by atoms with Crippen molar-refractivity contribution in [3.8, 4) is 0 Å². The minimum Gasteiger partial charge on any atom is -0.503 e. The summed E-state index contributed by atoms with van der Waals surface area (Å²) in [5, 5.41) is 12.2.